The molecular weight excluding hydrogens is 808 g/mol. The lowest BCUT2D eigenvalue weighted by atomic mass is 9.42. The maximum atomic E-state index is 3.04. The molecule has 2 unspecified atom stereocenters. The van der Waals surface area contributed by atoms with Crippen molar-refractivity contribution in [3.05, 3.63) is 142 Å². The molecule has 67 heavy (non-hydrogen) atoms. The van der Waals surface area contributed by atoms with Crippen molar-refractivity contribution in [2.24, 2.45) is 0 Å². The maximum Gasteiger partial charge on any atom is 0.328 e. The highest BCUT2D eigenvalue weighted by molar-refractivity contribution is 6.93. The number of nitrogens with zero attached hydrogens (tertiary/aromatic N) is 2. The van der Waals surface area contributed by atoms with Crippen LogP contribution < -0.4 is 20.6 Å². The summed E-state index contributed by atoms with van der Waals surface area (Å²) >= 11 is 0. The molecule has 1 fully saturated rings. The zero-order valence-corrected chi connectivity index (χ0v) is 43.5. The van der Waals surface area contributed by atoms with Crippen molar-refractivity contribution in [1.29, 1.82) is 0 Å². The number of benzene rings is 6. The van der Waals surface area contributed by atoms with Gasteiger partial charge in [0.05, 0.1) is 5.69 Å². The van der Waals surface area contributed by atoms with Gasteiger partial charge in [0.15, 0.2) is 0 Å². The van der Waals surface area contributed by atoms with Crippen molar-refractivity contribution in [3.8, 4) is 33.4 Å². The molecular formula is C64H73BN2. The number of rotatable bonds is 2. The number of anilines is 4. The Morgan fingerprint density at radius 1 is 0.493 bits per heavy atom. The van der Waals surface area contributed by atoms with Gasteiger partial charge in [-0.2, -0.15) is 0 Å². The Bertz CT molecular complexity index is 3130. The second-order valence-corrected chi connectivity index (χ2v) is 26.5. The van der Waals surface area contributed by atoms with Crippen LogP contribution in [-0.2, 0) is 32.5 Å². The number of aryl methyl sites for hydroxylation is 1. The van der Waals surface area contributed by atoms with E-state index in [9.17, 15) is 0 Å². The summed E-state index contributed by atoms with van der Waals surface area (Å²) in [6, 6.07) is 39.8. The maximum absolute atomic E-state index is 3.04. The van der Waals surface area contributed by atoms with Gasteiger partial charge in [0, 0.05) is 44.6 Å². The van der Waals surface area contributed by atoms with E-state index < -0.39 is 0 Å². The fourth-order valence-electron chi connectivity index (χ4n) is 14.5. The summed E-state index contributed by atoms with van der Waals surface area (Å²) in [5.41, 5.74) is 28.5. The summed E-state index contributed by atoms with van der Waals surface area (Å²) in [6.07, 6.45) is 7.39. The fraction of sp³-hybridized carbons (Fsp3) is 0.438. The van der Waals surface area contributed by atoms with Gasteiger partial charge in [0.1, 0.15) is 0 Å². The summed E-state index contributed by atoms with van der Waals surface area (Å²) in [7, 11) is 0. The van der Waals surface area contributed by atoms with Crippen LogP contribution in [0.3, 0.4) is 0 Å². The van der Waals surface area contributed by atoms with Gasteiger partial charge in [-0.05, 0) is 175 Å². The van der Waals surface area contributed by atoms with Crippen molar-refractivity contribution in [2.75, 3.05) is 9.71 Å². The molecule has 12 rings (SSSR count). The second kappa shape index (κ2) is 13.4. The molecule has 6 aliphatic rings. The molecule has 3 aliphatic carbocycles. The zero-order chi connectivity index (χ0) is 47.3. The third-order valence-electron chi connectivity index (χ3n) is 19.0. The van der Waals surface area contributed by atoms with E-state index in [1.54, 1.807) is 16.7 Å². The van der Waals surface area contributed by atoms with Crippen LogP contribution >= 0.6 is 0 Å². The minimum atomic E-state index is -0.175. The van der Waals surface area contributed by atoms with E-state index in [2.05, 4.69) is 211 Å². The van der Waals surface area contributed by atoms with Gasteiger partial charge in [-0.3, -0.25) is 0 Å². The first kappa shape index (κ1) is 43.3. The van der Waals surface area contributed by atoms with E-state index in [0.717, 1.165) is 0 Å². The summed E-state index contributed by atoms with van der Waals surface area (Å²) in [4.78, 5) is 5.77. The van der Waals surface area contributed by atoms with Gasteiger partial charge in [-0.15, -0.1) is 0 Å². The lowest BCUT2D eigenvalue weighted by Crippen LogP contribution is -2.70. The topological polar surface area (TPSA) is 6.48 Å². The Kier molecular flexibility index (Phi) is 8.65. The highest BCUT2D eigenvalue weighted by Crippen LogP contribution is 2.64. The summed E-state index contributed by atoms with van der Waals surface area (Å²) in [5.74, 6) is 0. The number of fused-ring (bicyclic) bond motifs is 11. The highest BCUT2D eigenvalue weighted by Gasteiger charge is 2.63. The van der Waals surface area contributed by atoms with E-state index in [1.165, 1.54) is 133 Å². The van der Waals surface area contributed by atoms with Crippen LogP contribution in [0.4, 0.5) is 22.7 Å². The molecule has 6 aromatic carbocycles. The van der Waals surface area contributed by atoms with Crippen molar-refractivity contribution in [1.82, 2.24) is 0 Å². The Hall–Kier alpha value is -5.02. The molecule has 0 N–H and O–H groups in total. The smallest absolute Gasteiger partial charge is 0.328 e. The Labute approximate surface area is 403 Å². The normalized spacial score (nSPS) is 23.2. The van der Waals surface area contributed by atoms with Gasteiger partial charge in [-0.25, -0.2) is 0 Å². The zero-order valence-electron chi connectivity index (χ0n) is 43.5. The van der Waals surface area contributed by atoms with E-state index in [-0.39, 0.29) is 44.9 Å². The molecule has 2 nitrogen and oxygen atoms in total. The second-order valence-electron chi connectivity index (χ2n) is 26.5. The molecule has 342 valence electrons. The predicted octanol–water partition coefficient (Wildman–Crippen LogP) is 15.9. The SMILES string of the molecule is Cc1cc2c3c(c1)N(c1ccc(C(C)(C)C)cc1-c1ccccc1)c1cc4c(cc1B3N1c3c-2cc(C(C)(C)C)cc3C2(C)CCCCC12C)-c1cc2c(cc1C4(C)C)C(C)(C)CCC2(C)C. The fourth-order valence-corrected chi connectivity index (χ4v) is 14.5. The third kappa shape index (κ3) is 5.70. The van der Waals surface area contributed by atoms with E-state index >= 15 is 0 Å². The van der Waals surface area contributed by atoms with Crippen LogP contribution in [-0.4, -0.2) is 12.4 Å². The van der Waals surface area contributed by atoms with Crippen LogP contribution in [0.1, 0.15) is 180 Å². The van der Waals surface area contributed by atoms with E-state index in [1.807, 2.05) is 0 Å². The first-order valence-corrected chi connectivity index (χ1v) is 25.9. The molecule has 0 spiro atoms. The van der Waals surface area contributed by atoms with Gasteiger partial charge >= 0.3 is 6.85 Å². The van der Waals surface area contributed by atoms with Crippen molar-refractivity contribution < 1.29 is 0 Å². The third-order valence-corrected chi connectivity index (χ3v) is 19.0. The molecule has 6 aromatic rings. The lowest BCUT2D eigenvalue weighted by molar-refractivity contribution is 0.199. The summed E-state index contributed by atoms with van der Waals surface area (Å²) in [6.45, 7) is 37.0. The Balaban J connectivity index is 1.22. The van der Waals surface area contributed by atoms with Gasteiger partial charge in [0.25, 0.3) is 0 Å². The molecule has 0 radical (unpaired) electrons. The van der Waals surface area contributed by atoms with Crippen molar-refractivity contribution >= 4 is 40.5 Å². The van der Waals surface area contributed by atoms with Crippen LogP contribution in [0.5, 0.6) is 0 Å². The van der Waals surface area contributed by atoms with E-state index in [0.29, 0.717) is 0 Å². The molecule has 0 saturated heterocycles. The lowest BCUT2D eigenvalue weighted by Gasteiger charge is -2.55. The van der Waals surface area contributed by atoms with E-state index in [4.69, 9.17) is 0 Å². The Morgan fingerprint density at radius 2 is 1.12 bits per heavy atom. The molecule has 0 bridgehead atoms. The monoisotopic (exact) mass is 881 g/mol. The largest absolute Gasteiger partial charge is 0.400 e. The minimum Gasteiger partial charge on any atom is -0.400 e. The average molecular weight is 881 g/mol. The highest BCUT2D eigenvalue weighted by atomic mass is 15.2. The minimum absolute atomic E-state index is 0.00158. The molecule has 0 amide bonds. The average Bonchev–Trinajstić information content (AvgIpc) is 3.61. The van der Waals surface area contributed by atoms with Crippen molar-refractivity contribution in [2.45, 2.75) is 180 Å². The van der Waals surface area contributed by atoms with Crippen LogP contribution in [0.2, 0.25) is 0 Å². The number of hydrogen-bond acceptors (Lipinski definition) is 2. The van der Waals surface area contributed by atoms with Crippen LogP contribution in [0, 0.1) is 6.92 Å². The first-order valence-electron chi connectivity index (χ1n) is 25.9. The van der Waals surface area contributed by atoms with Gasteiger partial charge in [-0.1, -0.05) is 164 Å². The first-order chi connectivity index (χ1) is 31.4. The standard InChI is InChI=1S/C64H73BN2/c1-38-29-45-46-32-41(59(5,6)7)33-51-57(46)67(64(15)26-20-19-25-63(51,64)14)65-52-35-44-43-34-49-50(61(10,11)28-27-60(49,8)9)36-47(43)62(12,13)48(44)37-54(52)66(55(30-38)56(45)65)53-24-23-40(58(2,3)4)31-42(53)39-21-17-16-18-22-39/h16-18,21-24,29-37H,19-20,25-28H2,1-15H3. The quantitative estimate of drug-likeness (QED) is 0.160. The predicted molar refractivity (Wildman–Crippen MR) is 289 cm³/mol. The van der Waals surface area contributed by atoms with Crippen LogP contribution in [0.25, 0.3) is 33.4 Å². The van der Waals surface area contributed by atoms with Crippen molar-refractivity contribution in [3.63, 3.8) is 0 Å². The molecule has 3 heteroatoms. The molecule has 1 saturated carbocycles. The van der Waals surface area contributed by atoms with Gasteiger partial charge < -0.3 is 9.71 Å². The van der Waals surface area contributed by atoms with Crippen LogP contribution in [0.15, 0.2) is 97.1 Å². The number of hydrogen-bond donors (Lipinski definition) is 0. The molecule has 2 atom stereocenters. The molecule has 0 aromatic heterocycles. The molecule has 3 heterocycles. The van der Waals surface area contributed by atoms with Gasteiger partial charge in [0.2, 0.25) is 0 Å². The molecule has 3 aliphatic heterocycles. The summed E-state index contributed by atoms with van der Waals surface area (Å²) in [5, 5.41) is 0. The summed E-state index contributed by atoms with van der Waals surface area (Å²) < 4.78 is 0. The Morgan fingerprint density at radius 3 is 1.81 bits per heavy atom.